The largest absolute Gasteiger partial charge is 0.459 e. The number of ether oxygens (including phenoxy) is 1. The van der Waals surface area contributed by atoms with Gasteiger partial charge in [-0.15, -0.1) is 0 Å². The summed E-state index contributed by atoms with van der Waals surface area (Å²) in [4.78, 5) is 13.1. The summed E-state index contributed by atoms with van der Waals surface area (Å²) in [6.45, 7) is 1.13. The van der Waals surface area contributed by atoms with E-state index in [0.29, 0.717) is 24.6 Å². The predicted molar refractivity (Wildman–Crippen MR) is 120 cm³/mol. The molecule has 4 aromatic rings. The van der Waals surface area contributed by atoms with Crippen LogP contribution in [-0.2, 0) is 14.8 Å². The molecule has 5 rings (SSSR count). The van der Waals surface area contributed by atoms with Crippen molar-refractivity contribution in [3.63, 3.8) is 0 Å². The van der Waals surface area contributed by atoms with Gasteiger partial charge in [-0.25, -0.2) is 8.42 Å². The number of nitrogens with one attached hydrogen (secondary N) is 1. The number of hydrogen-bond donors (Lipinski definition) is 1. The van der Waals surface area contributed by atoms with Crippen LogP contribution in [0.3, 0.4) is 0 Å². The minimum Gasteiger partial charge on any atom is -0.459 e. The van der Waals surface area contributed by atoms with Gasteiger partial charge in [0.15, 0.2) is 5.76 Å². The maximum atomic E-state index is 13.1. The Bertz CT molecular complexity index is 1340. The van der Waals surface area contributed by atoms with E-state index in [1.165, 1.54) is 16.4 Å². The first-order valence-corrected chi connectivity index (χ1v) is 12.0. The Labute approximate surface area is 190 Å². The molecule has 0 spiro atoms. The van der Waals surface area contributed by atoms with Gasteiger partial charge in [-0.3, -0.25) is 4.79 Å². The number of morpholine rings is 1. The van der Waals surface area contributed by atoms with Gasteiger partial charge in [0.05, 0.1) is 13.2 Å². The molecule has 2 aromatic carbocycles. The molecule has 1 N–H and O–H groups in total. The summed E-state index contributed by atoms with van der Waals surface area (Å²) in [6, 6.07) is 20.9. The summed E-state index contributed by atoms with van der Waals surface area (Å²) in [6.07, 6.45) is 0. The van der Waals surface area contributed by atoms with Crippen LogP contribution in [0, 0.1) is 0 Å². The first-order valence-electron chi connectivity index (χ1n) is 10.5. The predicted octanol–water partition coefficient (Wildman–Crippen LogP) is 3.57. The summed E-state index contributed by atoms with van der Waals surface area (Å²) in [5.41, 5.74) is 1.53. The summed E-state index contributed by atoms with van der Waals surface area (Å²) in [5.74, 6) is -0.0879. The van der Waals surface area contributed by atoms with E-state index in [4.69, 9.17) is 13.6 Å². The molecule has 2 aromatic heterocycles. The fourth-order valence-corrected chi connectivity index (χ4v) is 5.13. The molecule has 1 atom stereocenters. The van der Waals surface area contributed by atoms with E-state index in [1.54, 1.807) is 0 Å². The first-order chi connectivity index (χ1) is 16.0. The van der Waals surface area contributed by atoms with Gasteiger partial charge in [-0.05, 0) is 29.8 Å². The Hall–Kier alpha value is -3.40. The normalized spacial score (nSPS) is 16.0. The minimum absolute atomic E-state index is 0.0983. The molecule has 8 nitrogen and oxygen atoms in total. The third kappa shape index (κ3) is 4.30. The van der Waals surface area contributed by atoms with Crippen molar-refractivity contribution in [1.29, 1.82) is 0 Å². The zero-order valence-electron chi connectivity index (χ0n) is 17.6. The van der Waals surface area contributed by atoms with Crippen molar-refractivity contribution in [3.05, 3.63) is 89.9 Å². The van der Waals surface area contributed by atoms with Crippen LogP contribution in [0.1, 0.15) is 27.9 Å². The van der Waals surface area contributed by atoms with Crippen LogP contribution < -0.4 is 5.32 Å². The van der Waals surface area contributed by atoms with Crippen molar-refractivity contribution in [2.24, 2.45) is 0 Å². The van der Waals surface area contributed by atoms with Gasteiger partial charge in [0.1, 0.15) is 17.4 Å². The lowest BCUT2D eigenvalue weighted by Gasteiger charge is -2.24. The molecule has 1 saturated heterocycles. The number of benzene rings is 2. The maximum Gasteiger partial charge on any atom is 0.287 e. The standard InChI is InChI=1S/C24H22N2O6S/c27-24(20-10-11-22(32-20)33(28,29)26-12-14-30-15-13-26)25-23(17-6-2-1-3-7-17)21-16-18-8-4-5-9-19(18)31-21/h1-11,16,23H,12-15H2,(H,25,27)/t23-/m1/s1. The molecule has 1 amide bonds. The molecule has 3 heterocycles. The molecular weight excluding hydrogens is 444 g/mol. The van der Waals surface area contributed by atoms with E-state index < -0.39 is 22.0 Å². The third-order valence-electron chi connectivity index (χ3n) is 5.51. The van der Waals surface area contributed by atoms with Crippen LogP contribution in [0.2, 0.25) is 0 Å². The van der Waals surface area contributed by atoms with Crippen molar-refractivity contribution in [2.45, 2.75) is 11.1 Å². The maximum absolute atomic E-state index is 13.1. The molecule has 33 heavy (non-hydrogen) atoms. The van der Waals surface area contributed by atoms with Crippen molar-refractivity contribution in [3.8, 4) is 0 Å². The van der Waals surface area contributed by atoms with E-state index in [1.807, 2.05) is 60.7 Å². The van der Waals surface area contributed by atoms with Crippen LogP contribution in [0.5, 0.6) is 0 Å². The molecule has 1 aliphatic rings. The fourth-order valence-electron chi connectivity index (χ4n) is 3.81. The Morgan fingerprint density at radius 1 is 0.909 bits per heavy atom. The number of hydrogen-bond acceptors (Lipinski definition) is 6. The van der Waals surface area contributed by atoms with Crippen LogP contribution in [0.4, 0.5) is 0 Å². The van der Waals surface area contributed by atoms with Gasteiger partial charge in [0, 0.05) is 18.5 Å². The van der Waals surface area contributed by atoms with E-state index in [9.17, 15) is 13.2 Å². The number of nitrogens with zero attached hydrogens (tertiary/aromatic N) is 1. The summed E-state index contributed by atoms with van der Waals surface area (Å²) in [7, 11) is -3.84. The highest BCUT2D eigenvalue weighted by molar-refractivity contribution is 7.89. The van der Waals surface area contributed by atoms with E-state index in [2.05, 4.69) is 5.32 Å². The van der Waals surface area contributed by atoms with Crippen molar-refractivity contribution >= 4 is 26.9 Å². The average Bonchev–Trinajstić information content (AvgIpc) is 3.51. The van der Waals surface area contributed by atoms with Crippen LogP contribution in [0.25, 0.3) is 11.0 Å². The van der Waals surface area contributed by atoms with Gasteiger partial charge in [-0.2, -0.15) is 4.31 Å². The van der Waals surface area contributed by atoms with Gasteiger partial charge in [-0.1, -0.05) is 48.5 Å². The van der Waals surface area contributed by atoms with Gasteiger partial charge >= 0.3 is 0 Å². The number of carbonyl (C=O) groups excluding carboxylic acids is 1. The van der Waals surface area contributed by atoms with Crippen LogP contribution in [0.15, 0.2) is 86.7 Å². The number of sulfonamides is 1. The van der Waals surface area contributed by atoms with E-state index in [-0.39, 0.29) is 23.9 Å². The monoisotopic (exact) mass is 466 g/mol. The Balaban J connectivity index is 1.42. The number of amides is 1. The first kappa shape index (κ1) is 21.4. The van der Waals surface area contributed by atoms with Crippen molar-refractivity contribution < 1.29 is 26.8 Å². The highest BCUT2D eigenvalue weighted by Crippen LogP contribution is 2.29. The summed E-state index contributed by atoms with van der Waals surface area (Å²) < 4.78 is 43.6. The van der Waals surface area contributed by atoms with Crippen LogP contribution >= 0.6 is 0 Å². The van der Waals surface area contributed by atoms with Crippen molar-refractivity contribution in [1.82, 2.24) is 9.62 Å². The molecule has 9 heteroatoms. The second-order valence-corrected chi connectivity index (χ2v) is 9.51. The molecule has 1 fully saturated rings. The Morgan fingerprint density at radius 3 is 2.39 bits per heavy atom. The lowest BCUT2D eigenvalue weighted by molar-refractivity contribution is 0.0722. The molecule has 0 radical (unpaired) electrons. The number of para-hydroxylation sites is 1. The molecule has 170 valence electrons. The van der Waals surface area contributed by atoms with Crippen molar-refractivity contribution in [2.75, 3.05) is 26.3 Å². The zero-order valence-corrected chi connectivity index (χ0v) is 18.5. The average molecular weight is 467 g/mol. The molecule has 1 aliphatic heterocycles. The topological polar surface area (TPSA) is 102 Å². The van der Waals surface area contributed by atoms with Gasteiger partial charge < -0.3 is 18.9 Å². The van der Waals surface area contributed by atoms with Gasteiger partial charge in [0.25, 0.3) is 15.9 Å². The SMILES string of the molecule is O=C(N[C@H](c1ccccc1)c1cc2ccccc2o1)c1ccc(S(=O)(=O)N2CCOCC2)o1. The molecule has 0 bridgehead atoms. The smallest absolute Gasteiger partial charge is 0.287 e. The zero-order chi connectivity index (χ0) is 22.8. The second kappa shape index (κ2) is 8.86. The lowest BCUT2D eigenvalue weighted by Crippen LogP contribution is -2.40. The number of rotatable bonds is 6. The fraction of sp³-hybridized carbons (Fsp3) is 0.208. The molecule has 0 saturated carbocycles. The Morgan fingerprint density at radius 2 is 1.64 bits per heavy atom. The highest BCUT2D eigenvalue weighted by Gasteiger charge is 2.31. The van der Waals surface area contributed by atoms with Gasteiger partial charge in [0.2, 0.25) is 5.09 Å². The van der Waals surface area contributed by atoms with E-state index in [0.717, 1.165) is 10.9 Å². The second-order valence-electron chi connectivity index (χ2n) is 7.64. The van der Waals surface area contributed by atoms with Crippen LogP contribution in [-0.4, -0.2) is 44.9 Å². The minimum atomic E-state index is -3.84. The summed E-state index contributed by atoms with van der Waals surface area (Å²) in [5, 5.41) is 3.56. The summed E-state index contributed by atoms with van der Waals surface area (Å²) >= 11 is 0. The third-order valence-corrected chi connectivity index (χ3v) is 7.28. The molecule has 0 aliphatic carbocycles. The Kier molecular flexibility index (Phi) is 5.76. The van der Waals surface area contributed by atoms with E-state index >= 15 is 0 Å². The number of furan rings is 2. The number of carbonyl (C=O) groups is 1. The lowest BCUT2D eigenvalue weighted by atomic mass is 10.0. The number of fused-ring (bicyclic) bond motifs is 1. The highest BCUT2D eigenvalue weighted by atomic mass is 32.2. The molecular formula is C24H22N2O6S. The quantitative estimate of drug-likeness (QED) is 0.466. The molecule has 0 unspecified atom stereocenters.